The van der Waals surface area contributed by atoms with Gasteiger partial charge in [-0.2, -0.15) is 13.2 Å². The van der Waals surface area contributed by atoms with Crippen LogP contribution in [0.3, 0.4) is 0 Å². The number of rotatable bonds is 0. The van der Waals surface area contributed by atoms with Crippen LogP contribution >= 0.6 is 0 Å². The van der Waals surface area contributed by atoms with E-state index in [2.05, 4.69) is 0 Å². The van der Waals surface area contributed by atoms with Crippen molar-refractivity contribution in [1.82, 2.24) is 4.90 Å². The Morgan fingerprint density at radius 1 is 1.33 bits per heavy atom. The predicted molar refractivity (Wildman–Crippen MR) is 40.9 cm³/mol. The molecule has 12 heavy (non-hydrogen) atoms. The first-order chi connectivity index (χ1) is 5.41. The number of halogens is 3. The van der Waals surface area contributed by atoms with E-state index in [1.54, 1.807) is 7.05 Å². The van der Waals surface area contributed by atoms with Crippen molar-refractivity contribution in [1.29, 1.82) is 0 Å². The lowest BCUT2D eigenvalue weighted by atomic mass is 9.93. The Balaban J connectivity index is 2.61. The highest BCUT2D eigenvalue weighted by Gasteiger charge is 2.44. The lowest BCUT2D eigenvalue weighted by Crippen LogP contribution is -2.48. The van der Waals surface area contributed by atoms with Gasteiger partial charge < -0.3 is 0 Å². The summed E-state index contributed by atoms with van der Waals surface area (Å²) in [7, 11) is 1.55. The molecule has 0 amide bonds. The molecule has 0 aromatic heterocycles. The molecule has 0 N–H and O–H groups in total. The SMILES string of the molecule is C[C@@H]1CCN(C)C(C(F)(F)F)C1. The maximum atomic E-state index is 12.3. The highest BCUT2D eigenvalue weighted by atomic mass is 19.4. The Kier molecular flexibility index (Phi) is 2.66. The van der Waals surface area contributed by atoms with Gasteiger partial charge in [0.2, 0.25) is 0 Å². The molecule has 1 fully saturated rings. The summed E-state index contributed by atoms with van der Waals surface area (Å²) in [5.74, 6) is 0.202. The zero-order valence-corrected chi connectivity index (χ0v) is 7.36. The fraction of sp³-hybridized carbons (Fsp3) is 1.00. The van der Waals surface area contributed by atoms with E-state index in [0.717, 1.165) is 6.42 Å². The highest BCUT2D eigenvalue weighted by molar-refractivity contribution is 4.83. The zero-order valence-electron chi connectivity index (χ0n) is 7.36. The molecule has 1 heterocycles. The van der Waals surface area contributed by atoms with Crippen LogP contribution in [0.15, 0.2) is 0 Å². The molecule has 1 unspecified atom stereocenters. The number of piperidine rings is 1. The third kappa shape index (κ3) is 2.12. The van der Waals surface area contributed by atoms with Crippen LogP contribution in [0.4, 0.5) is 13.2 Å². The van der Waals surface area contributed by atoms with E-state index in [0.29, 0.717) is 6.54 Å². The molecule has 0 aliphatic carbocycles. The topological polar surface area (TPSA) is 3.24 Å². The van der Waals surface area contributed by atoms with Crippen molar-refractivity contribution < 1.29 is 13.2 Å². The third-order valence-corrected chi connectivity index (χ3v) is 2.51. The molecule has 72 valence electrons. The molecule has 0 bridgehead atoms. The van der Waals surface area contributed by atoms with E-state index in [9.17, 15) is 13.2 Å². The summed E-state index contributed by atoms with van der Waals surface area (Å²) < 4.78 is 37.0. The van der Waals surface area contributed by atoms with Crippen LogP contribution < -0.4 is 0 Å². The molecular formula is C8H14F3N. The Bertz CT molecular complexity index is 155. The molecule has 4 heteroatoms. The quantitative estimate of drug-likeness (QED) is 0.554. The Morgan fingerprint density at radius 3 is 2.33 bits per heavy atom. The van der Waals surface area contributed by atoms with E-state index >= 15 is 0 Å². The summed E-state index contributed by atoms with van der Waals surface area (Å²) in [4.78, 5) is 1.40. The average molecular weight is 181 g/mol. The molecule has 0 saturated carbocycles. The second-order valence-electron chi connectivity index (χ2n) is 3.67. The van der Waals surface area contributed by atoms with Gasteiger partial charge >= 0.3 is 6.18 Å². The van der Waals surface area contributed by atoms with Crippen molar-refractivity contribution in [3.8, 4) is 0 Å². The van der Waals surface area contributed by atoms with E-state index in [4.69, 9.17) is 0 Å². The van der Waals surface area contributed by atoms with Gasteiger partial charge in [-0.15, -0.1) is 0 Å². The third-order valence-electron chi connectivity index (χ3n) is 2.51. The van der Waals surface area contributed by atoms with Crippen molar-refractivity contribution in [2.75, 3.05) is 13.6 Å². The van der Waals surface area contributed by atoms with Gasteiger partial charge in [0.15, 0.2) is 0 Å². The summed E-state index contributed by atoms with van der Waals surface area (Å²) >= 11 is 0. The van der Waals surface area contributed by atoms with Crippen LogP contribution in [0.25, 0.3) is 0 Å². The van der Waals surface area contributed by atoms with Gasteiger partial charge in [0, 0.05) is 0 Å². The summed E-state index contributed by atoms with van der Waals surface area (Å²) in [5.41, 5.74) is 0. The van der Waals surface area contributed by atoms with E-state index < -0.39 is 12.2 Å². The molecule has 1 nitrogen and oxygen atoms in total. The second-order valence-corrected chi connectivity index (χ2v) is 3.67. The minimum atomic E-state index is -4.05. The minimum absolute atomic E-state index is 0.202. The molecule has 1 aliphatic heterocycles. The Labute approximate surface area is 70.5 Å². The molecule has 1 saturated heterocycles. The van der Waals surface area contributed by atoms with Gasteiger partial charge in [-0.3, -0.25) is 4.90 Å². The minimum Gasteiger partial charge on any atom is -0.295 e. The second kappa shape index (κ2) is 3.24. The number of hydrogen-bond acceptors (Lipinski definition) is 1. The monoisotopic (exact) mass is 181 g/mol. The number of alkyl halides is 3. The molecule has 0 aromatic rings. The van der Waals surface area contributed by atoms with Crippen LogP contribution in [0.2, 0.25) is 0 Å². The fourth-order valence-electron chi connectivity index (χ4n) is 1.64. The van der Waals surface area contributed by atoms with Crippen molar-refractivity contribution in [3.05, 3.63) is 0 Å². The van der Waals surface area contributed by atoms with E-state index in [-0.39, 0.29) is 12.3 Å². The maximum absolute atomic E-state index is 12.3. The first-order valence-electron chi connectivity index (χ1n) is 4.18. The number of hydrogen-bond donors (Lipinski definition) is 0. The van der Waals surface area contributed by atoms with Crippen LogP contribution in [-0.2, 0) is 0 Å². The van der Waals surface area contributed by atoms with Crippen LogP contribution in [0.5, 0.6) is 0 Å². The van der Waals surface area contributed by atoms with Gasteiger partial charge in [0.1, 0.15) is 6.04 Å². The van der Waals surface area contributed by atoms with E-state index in [1.807, 2.05) is 6.92 Å². The predicted octanol–water partition coefficient (Wildman–Crippen LogP) is 2.28. The standard InChI is InChI=1S/C8H14F3N/c1-6-3-4-12(2)7(5-6)8(9,10)11/h6-7H,3-5H2,1-2H3/t6-,7?/m1/s1. The lowest BCUT2D eigenvalue weighted by Gasteiger charge is -2.36. The number of nitrogens with zero attached hydrogens (tertiary/aromatic N) is 1. The summed E-state index contributed by atoms with van der Waals surface area (Å²) in [5, 5.41) is 0. The van der Waals surface area contributed by atoms with Crippen molar-refractivity contribution in [2.24, 2.45) is 5.92 Å². The van der Waals surface area contributed by atoms with Crippen molar-refractivity contribution in [3.63, 3.8) is 0 Å². The van der Waals surface area contributed by atoms with Gasteiger partial charge in [0.25, 0.3) is 0 Å². The van der Waals surface area contributed by atoms with Gasteiger partial charge in [-0.1, -0.05) is 6.92 Å². The fourth-order valence-corrected chi connectivity index (χ4v) is 1.64. The van der Waals surface area contributed by atoms with Crippen LogP contribution in [0.1, 0.15) is 19.8 Å². The zero-order chi connectivity index (χ0) is 9.35. The Hall–Kier alpha value is -0.250. The summed E-state index contributed by atoms with van der Waals surface area (Å²) in [6.45, 7) is 2.44. The van der Waals surface area contributed by atoms with Crippen LogP contribution in [0, 0.1) is 5.92 Å². The van der Waals surface area contributed by atoms with E-state index in [1.165, 1.54) is 4.90 Å². The largest absolute Gasteiger partial charge is 0.404 e. The highest BCUT2D eigenvalue weighted by Crippen LogP contribution is 2.32. The Morgan fingerprint density at radius 2 is 1.92 bits per heavy atom. The smallest absolute Gasteiger partial charge is 0.295 e. The summed E-state index contributed by atoms with van der Waals surface area (Å²) in [6.07, 6.45) is -2.92. The average Bonchev–Trinajstić information content (AvgIpc) is 1.92. The normalized spacial score (nSPS) is 33.8. The molecule has 1 aliphatic rings. The first-order valence-corrected chi connectivity index (χ1v) is 4.18. The van der Waals surface area contributed by atoms with Gasteiger partial charge in [-0.25, -0.2) is 0 Å². The molecule has 2 atom stereocenters. The lowest BCUT2D eigenvalue weighted by molar-refractivity contribution is -0.191. The summed E-state index contributed by atoms with van der Waals surface area (Å²) in [6, 6.07) is -1.22. The number of likely N-dealkylation sites (tertiary alicyclic amines) is 1. The molecule has 1 rings (SSSR count). The molecule has 0 aromatic carbocycles. The molecule has 0 radical (unpaired) electrons. The van der Waals surface area contributed by atoms with Crippen molar-refractivity contribution in [2.45, 2.75) is 32.0 Å². The molecular weight excluding hydrogens is 167 g/mol. The first kappa shape index (κ1) is 9.84. The van der Waals surface area contributed by atoms with Crippen molar-refractivity contribution >= 4 is 0 Å². The van der Waals surface area contributed by atoms with Crippen LogP contribution in [-0.4, -0.2) is 30.7 Å². The molecule has 0 spiro atoms. The van der Waals surface area contributed by atoms with Gasteiger partial charge in [-0.05, 0) is 32.4 Å². The maximum Gasteiger partial charge on any atom is 0.404 e. The van der Waals surface area contributed by atoms with Gasteiger partial charge in [0.05, 0.1) is 0 Å².